The van der Waals surface area contributed by atoms with Crippen LogP contribution in [0.4, 0.5) is 0 Å². The van der Waals surface area contributed by atoms with Crippen LogP contribution >= 0.6 is 22.9 Å². The predicted octanol–water partition coefficient (Wildman–Crippen LogP) is 3.43. The minimum absolute atomic E-state index is 0.207. The van der Waals surface area contributed by atoms with E-state index < -0.39 is 5.97 Å². The van der Waals surface area contributed by atoms with Gasteiger partial charge in [-0.25, -0.2) is 4.79 Å². The van der Waals surface area contributed by atoms with Gasteiger partial charge in [0.1, 0.15) is 0 Å². The fourth-order valence-electron chi connectivity index (χ4n) is 1.64. The first kappa shape index (κ1) is 15.3. The quantitative estimate of drug-likeness (QED) is 0.829. The van der Waals surface area contributed by atoms with Gasteiger partial charge >= 0.3 is 5.97 Å². The number of carboxylic acid groups (broad SMARTS) is 1. The fourth-order valence-corrected chi connectivity index (χ4v) is 2.64. The summed E-state index contributed by atoms with van der Waals surface area (Å²) in [4.78, 5) is 23.1. The molecule has 1 amide bonds. The van der Waals surface area contributed by atoms with Crippen LogP contribution in [0.5, 0.6) is 0 Å². The molecule has 0 radical (unpaired) electrons. The minimum atomic E-state index is -1.02. The van der Waals surface area contributed by atoms with Gasteiger partial charge in [-0.2, -0.15) is 0 Å². The highest BCUT2D eigenvalue weighted by molar-refractivity contribution is 7.11. The number of aliphatic carboxylic acids is 1. The topological polar surface area (TPSA) is 66.4 Å². The average molecular weight is 322 g/mol. The molecule has 6 heteroatoms. The second kappa shape index (κ2) is 7.06. The molecule has 0 aliphatic heterocycles. The average Bonchev–Trinajstić information content (AvgIpc) is 2.91. The molecule has 0 aliphatic rings. The Balaban J connectivity index is 1.96. The minimum Gasteiger partial charge on any atom is -0.478 e. The van der Waals surface area contributed by atoms with E-state index in [1.807, 2.05) is 12.1 Å². The van der Waals surface area contributed by atoms with Gasteiger partial charge in [-0.3, -0.25) is 4.79 Å². The van der Waals surface area contributed by atoms with Crippen LogP contribution < -0.4 is 5.32 Å². The highest BCUT2D eigenvalue weighted by atomic mass is 35.5. The van der Waals surface area contributed by atoms with Crippen molar-refractivity contribution in [3.8, 4) is 0 Å². The van der Waals surface area contributed by atoms with Crippen LogP contribution in [-0.4, -0.2) is 17.0 Å². The molecule has 1 aromatic carbocycles. The molecule has 1 aromatic heterocycles. The number of rotatable bonds is 5. The summed E-state index contributed by atoms with van der Waals surface area (Å²) in [5.74, 6) is -1.23. The van der Waals surface area contributed by atoms with E-state index in [2.05, 4.69) is 5.32 Å². The van der Waals surface area contributed by atoms with Crippen LogP contribution in [0.2, 0.25) is 5.02 Å². The number of hydrogen-bond donors (Lipinski definition) is 2. The van der Waals surface area contributed by atoms with Crippen molar-refractivity contribution < 1.29 is 14.7 Å². The largest absolute Gasteiger partial charge is 0.478 e. The molecule has 108 valence electrons. The van der Waals surface area contributed by atoms with Crippen LogP contribution in [0.15, 0.2) is 41.8 Å². The number of hydrogen-bond acceptors (Lipinski definition) is 3. The van der Waals surface area contributed by atoms with Crippen molar-refractivity contribution in [1.82, 2.24) is 5.32 Å². The second-order valence-electron chi connectivity index (χ2n) is 4.22. The first-order valence-corrected chi connectivity index (χ1v) is 7.32. The van der Waals surface area contributed by atoms with Crippen molar-refractivity contribution in [2.24, 2.45) is 0 Å². The molecule has 1 heterocycles. The first-order valence-electron chi connectivity index (χ1n) is 6.07. The third kappa shape index (κ3) is 4.73. The van der Waals surface area contributed by atoms with Gasteiger partial charge in [-0.1, -0.05) is 23.7 Å². The van der Waals surface area contributed by atoms with E-state index in [0.717, 1.165) is 11.6 Å². The monoisotopic (exact) mass is 321 g/mol. The molecule has 2 N–H and O–H groups in total. The molecule has 2 aromatic rings. The molecule has 0 saturated carbocycles. The third-order valence-electron chi connectivity index (χ3n) is 2.61. The van der Waals surface area contributed by atoms with Gasteiger partial charge in [0, 0.05) is 27.9 Å². The molecule has 0 saturated heterocycles. The Morgan fingerprint density at radius 2 is 2.14 bits per heavy atom. The molecule has 4 nitrogen and oxygen atoms in total. The fraction of sp³-hybridized carbons (Fsp3) is 0.0667. The Morgan fingerprint density at radius 3 is 2.86 bits per heavy atom. The van der Waals surface area contributed by atoms with E-state index in [1.54, 1.807) is 23.6 Å². The predicted molar refractivity (Wildman–Crippen MR) is 83.6 cm³/mol. The first-order chi connectivity index (χ1) is 10.0. The van der Waals surface area contributed by atoms with Crippen LogP contribution in [0.1, 0.15) is 20.8 Å². The van der Waals surface area contributed by atoms with Crippen molar-refractivity contribution in [2.75, 3.05) is 0 Å². The van der Waals surface area contributed by atoms with Crippen LogP contribution in [0, 0.1) is 0 Å². The second-order valence-corrected chi connectivity index (χ2v) is 5.60. The summed E-state index contributed by atoms with van der Waals surface area (Å²) in [5, 5.41) is 13.7. The van der Waals surface area contributed by atoms with E-state index in [1.165, 1.54) is 17.4 Å². The number of carbonyl (C=O) groups is 2. The molecule has 0 spiro atoms. The summed E-state index contributed by atoms with van der Waals surface area (Å²) in [5.41, 5.74) is 1.42. The third-order valence-corrected chi connectivity index (χ3v) is 3.75. The Kier molecular flexibility index (Phi) is 5.14. The highest BCUT2D eigenvalue weighted by Crippen LogP contribution is 2.16. The molecule has 2 rings (SSSR count). The van der Waals surface area contributed by atoms with Crippen LogP contribution in [0.25, 0.3) is 6.08 Å². The Bertz CT molecular complexity index is 694. The van der Waals surface area contributed by atoms with Gasteiger partial charge in [0.05, 0.1) is 5.56 Å². The van der Waals surface area contributed by atoms with Crippen molar-refractivity contribution in [2.45, 2.75) is 6.54 Å². The Morgan fingerprint density at radius 1 is 1.33 bits per heavy atom. The molecule has 21 heavy (non-hydrogen) atoms. The standard InChI is InChI=1S/C15H12ClNO3S/c16-12-3-1-2-10(6-12)8-17-15(20)11-7-13(21-9-11)4-5-14(18)19/h1-7,9H,8H2,(H,17,20)(H,18,19). The van der Waals surface area contributed by atoms with Gasteiger partial charge in [-0.15, -0.1) is 11.3 Å². The van der Waals surface area contributed by atoms with E-state index >= 15 is 0 Å². The number of nitrogens with one attached hydrogen (secondary N) is 1. The molecule has 0 atom stereocenters. The van der Waals surface area contributed by atoms with Crippen molar-refractivity contribution in [3.05, 3.63) is 62.8 Å². The van der Waals surface area contributed by atoms with Crippen molar-refractivity contribution in [3.63, 3.8) is 0 Å². The van der Waals surface area contributed by atoms with Gasteiger partial charge in [-0.05, 0) is 29.8 Å². The zero-order valence-corrected chi connectivity index (χ0v) is 12.4. The van der Waals surface area contributed by atoms with Gasteiger partial charge in [0.2, 0.25) is 0 Å². The SMILES string of the molecule is O=C(O)C=Cc1cc(C(=O)NCc2cccc(Cl)c2)cs1. The van der Waals surface area contributed by atoms with Gasteiger partial charge in [0.25, 0.3) is 5.91 Å². The van der Waals surface area contributed by atoms with E-state index in [9.17, 15) is 9.59 Å². The molecule has 0 unspecified atom stereocenters. The lowest BCUT2D eigenvalue weighted by Gasteiger charge is -2.04. The number of benzene rings is 1. The molecule has 0 fully saturated rings. The lowest BCUT2D eigenvalue weighted by atomic mass is 10.2. The number of thiophene rings is 1. The molecule has 0 aliphatic carbocycles. The maximum absolute atomic E-state index is 12.0. The van der Waals surface area contributed by atoms with Crippen LogP contribution in [0.3, 0.4) is 0 Å². The van der Waals surface area contributed by atoms with E-state index in [4.69, 9.17) is 16.7 Å². The maximum Gasteiger partial charge on any atom is 0.328 e. The summed E-state index contributed by atoms with van der Waals surface area (Å²) in [7, 11) is 0. The lowest BCUT2D eigenvalue weighted by molar-refractivity contribution is -0.131. The summed E-state index contributed by atoms with van der Waals surface area (Å²) >= 11 is 7.19. The zero-order chi connectivity index (χ0) is 15.2. The summed E-state index contributed by atoms with van der Waals surface area (Å²) in [6.45, 7) is 0.384. The Hall–Kier alpha value is -2.11. The molecule has 0 bridgehead atoms. The van der Waals surface area contributed by atoms with E-state index in [0.29, 0.717) is 22.0 Å². The van der Waals surface area contributed by atoms with E-state index in [-0.39, 0.29) is 5.91 Å². The highest BCUT2D eigenvalue weighted by Gasteiger charge is 2.07. The normalized spacial score (nSPS) is 10.7. The van der Waals surface area contributed by atoms with Crippen molar-refractivity contribution >= 4 is 40.9 Å². The molecular formula is C15H12ClNO3S. The van der Waals surface area contributed by atoms with Crippen molar-refractivity contribution in [1.29, 1.82) is 0 Å². The number of halogens is 1. The van der Waals surface area contributed by atoms with Gasteiger partial charge < -0.3 is 10.4 Å². The number of amides is 1. The summed E-state index contributed by atoms with van der Waals surface area (Å²) in [6, 6.07) is 8.91. The lowest BCUT2D eigenvalue weighted by Crippen LogP contribution is -2.22. The summed E-state index contributed by atoms with van der Waals surface area (Å²) in [6.07, 6.45) is 2.50. The molecular weight excluding hydrogens is 310 g/mol. The smallest absolute Gasteiger partial charge is 0.328 e. The Labute approximate surface area is 130 Å². The van der Waals surface area contributed by atoms with Crippen LogP contribution in [-0.2, 0) is 11.3 Å². The number of carbonyl (C=O) groups excluding carboxylic acids is 1. The summed E-state index contributed by atoms with van der Waals surface area (Å²) < 4.78 is 0. The zero-order valence-electron chi connectivity index (χ0n) is 10.9. The van der Waals surface area contributed by atoms with Gasteiger partial charge in [0.15, 0.2) is 0 Å². The maximum atomic E-state index is 12.0. The number of carboxylic acids is 1.